The molecule has 1 nitrogen and oxygen atoms in total. The second kappa shape index (κ2) is 8.67. The van der Waals surface area contributed by atoms with Crippen molar-refractivity contribution >= 4 is 52.2 Å². The summed E-state index contributed by atoms with van der Waals surface area (Å²) in [6.07, 6.45) is 2.56. The number of allylic oxidation sites excluding steroid dienone is 1. The van der Waals surface area contributed by atoms with Crippen LogP contribution in [-0.2, 0) is 4.79 Å². The van der Waals surface area contributed by atoms with Gasteiger partial charge in [0.25, 0.3) is 0 Å². The van der Waals surface area contributed by atoms with E-state index in [1.54, 1.807) is 0 Å². The largest absolute Gasteiger partial charge is 0.282 e. The molecule has 0 aromatic rings. The molecule has 0 amide bonds. The topological polar surface area (TPSA) is 17.1 Å². The maximum absolute atomic E-state index is 10.9. The molecule has 1 aliphatic heterocycles. The van der Waals surface area contributed by atoms with E-state index < -0.39 is 0 Å². The van der Waals surface area contributed by atoms with Gasteiger partial charge in [-0.1, -0.05) is 18.3 Å². The van der Waals surface area contributed by atoms with Crippen LogP contribution >= 0.6 is 47.0 Å². The van der Waals surface area contributed by atoms with Crippen molar-refractivity contribution in [3.63, 3.8) is 0 Å². The van der Waals surface area contributed by atoms with Crippen molar-refractivity contribution in [3.8, 4) is 0 Å². The maximum atomic E-state index is 10.9. The highest BCUT2D eigenvalue weighted by Crippen LogP contribution is 2.34. The highest BCUT2D eigenvalue weighted by molar-refractivity contribution is 8.22. The molecule has 1 heterocycles. The third-order valence-corrected chi connectivity index (χ3v) is 6.07. The Morgan fingerprint density at radius 2 is 2.40 bits per heavy atom. The van der Waals surface area contributed by atoms with Gasteiger partial charge >= 0.3 is 0 Å². The molecule has 0 unspecified atom stereocenters. The molecule has 0 radical (unpaired) electrons. The van der Waals surface area contributed by atoms with Crippen LogP contribution in [0, 0.1) is 0 Å². The Hall–Kier alpha value is 0.550. The molecule has 0 N–H and O–H groups in total. The Kier molecular flexibility index (Phi) is 7.87. The summed E-state index contributed by atoms with van der Waals surface area (Å²) in [4.78, 5) is 12.4. The monoisotopic (exact) mass is 278 g/mol. The molecule has 1 aliphatic rings. The fourth-order valence-electron chi connectivity index (χ4n) is 0.937. The van der Waals surface area contributed by atoms with E-state index in [0.717, 1.165) is 11.5 Å². The summed E-state index contributed by atoms with van der Waals surface area (Å²) in [7, 11) is 0. The van der Waals surface area contributed by atoms with Gasteiger partial charge in [-0.3, -0.25) is 4.79 Å². The highest BCUT2D eigenvalue weighted by Gasteiger charge is 2.04. The molecule has 0 saturated carbocycles. The molecule has 0 aromatic carbocycles. The number of carbonyl (C=O) groups excluding carboxylic acids is 1. The van der Waals surface area contributed by atoms with Crippen molar-refractivity contribution < 1.29 is 4.79 Å². The molecule has 0 aromatic heterocycles. The standard InChI is InChI=1S/C10H14OS4/c1-2-10(11)14-6-5-12-4-3-9-7-13-8-15-9/h2,7H,1,3-6,8H2. The van der Waals surface area contributed by atoms with E-state index in [4.69, 9.17) is 0 Å². The van der Waals surface area contributed by atoms with Crippen LogP contribution in [0.25, 0.3) is 0 Å². The first-order chi connectivity index (χ1) is 7.33. The molecule has 0 aliphatic carbocycles. The zero-order valence-electron chi connectivity index (χ0n) is 8.44. The lowest BCUT2D eigenvalue weighted by molar-refractivity contribution is -0.107. The lowest BCUT2D eigenvalue weighted by Crippen LogP contribution is -1.91. The molecule has 0 spiro atoms. The zero-order valence-corrected chi connectivity index (χ0v) is 11.7. The van der Waals surface area contributed by atoms with E-state index in [0.29, 0.717) is 0 Å². The number of thioether (sulfide) groups is 4. The van der Waals surface area contributed by atoms with E-state index in [-0.39, 0.29) is 5.12 Å². The molecule has 84 valence electrons. The molecule has 1 rings (SSSR count). The Morgan fingerprint density at radius 3 is 3.07 bits per heavy atom. The van der Waals surface area contributed by atoms with Gasteiger partial charge in [-0.05, 0) is 28.6 Å². The van der Waals surface area contributed by atoms with Gasteiger partial charge in [0.2, 0.25) is 5.12 Å². The number of rotatable bonds is 7. The number of hydrogen-bond acceptors (Lipinski definition) is 5. The molecular weight excluding hydrogens is 264 g/mol. The lowest BCUT2D eigenvalue weighted by Gasteiger charge is -2.00. The Morgan fingerprint density at radius 1 is 1.53 bits per heavy atom. The minimum atomic E-state index is 0.0843. The average molecular weight is 278 g/mol. The van der Waals surface area contributed by atoms with Gasteiger partial charge in [0, 0.05) is 16.6 Å². The van der Waals surface area contributed by atoms with E-state index in [1.165, 1.54) is 40.0 Å². The van der Waals surface area contributed by atoms with Gasteiger partial charge in [0.05, 0.1) is 0 Å². The van der Waals surface area contributed by atoms with Crippen molar-refractivity contribution in [2.24, 2.45) is 0 Å². The van der Waals surface area contributed by atoms with Crippen LogP contribution in [0.3, 0.4) is 0 Å². The number of carbonyl (C=O) groups is 1. The number of hydrogen-bond donors (Lipinski definition) is 0. The highest BCUT2D eigenvalue weighted by atomic mass is 32.2. The average Bonchev–Trinajstić information content (AvgIpc) is 2.75. The smallest absolute Gasteiger partial charge is 0.211 e. The normalized spacial score (nSPS) is 15.1. The minimum Gasteiger partial charge on any atom is -0.282 e. The molecule has 0 saturated heterocycles. The van der Waals surface area contributed by atoms with Crippen molar-refractivity contribution in [2.45, 2.75) is 6.42 Å². The van der Waals surface area contributed by atoms with Crippen LogP contribution < -0.4 is 0 Å². The molecule has 5 heteroatoms. The first-order valence-corrected chi connectivity index (χ1v) is 8.81. The third kappa shape index (κ3) is 6.66. The van der Waals surface area contributed by atoms with Crippen LogP contribution in [-0.4, -0.2) is 27.5 Å². The second-order valence-corrected chi connectivity index (χ2v) is 7.40. The molecular formula is C10H14OS4. The SMILES string of the molecule is C=CC(=O)SCCSCCC1=CSCS1. The molecule has 0 fully saturated rings. The van der Waals surface area contributed by atoms with Crippen molar-refractivity contribution in [1.29, 1.82) is 0 Å². The summed E-state index contributed by atoms with van der Waals surface area (Å²) in [6, 6.07) is 0. The van der Waals surface area contributed by atoms with E-state index in [1.807, 2.05) is 35.3 Å². The van der Waals surface area contributed by atoms with Crippen molar-refractivity contribution in [3.05, 3.63) is 23.0 Å². The first kappa shape index (κ1) is 13.6. The fraction of sp³-hybridized carbons (Fsp3) is 0.500. The summed E-state index contributed by atoms with van der Waals surface area (Å²) < 4.78 is 0. The summed E-state index contributed by atoms with van der Waals surface area (Å²) in [5.41, 5.74) is 0. The Labute approximate surface area is 108 Å². The zero-order chi connectivity index (χ0) is 10.9. The van der Waals surface area contributed by atoms with Gasteiger partial charge in [-0.2, -0.15) is 11.8 Å². The van der Waals surface area contributed by atoms with Crippen molar-refractivity contribution in [2.75, 3.05) is 22.3 Å². The molecule has 0 atom stereocenters. The minimum absolute atomic E-state index is 0.0843. The Balaban J connectivity index is 1.88. The van der Waals surface area contributed by atoms with Gasteiger partial charge in [0.1, 0.15) is 0 Å². The van der Waals surface area contributed by atoms with E-state index in [9.17, 15) is 4.79 Å². The Bertz CT molecular complexity index is 250. The molecule has 15 heavy (non-hydrogen) atoms. The van der Waals surface area contributed by atoms with Crippen molar-refractivity contribution in [1.82, 2.24) is 0 Å². The van der Waals surface area contributed by atoms with Crippen LogP contribution in [0.2, 0.25) is 0 Å². The predicted octanol–water partition coefficient (Wildman–Crippen LogP) is 3.83. The van der Waals surface area contributed by atoms with Crippen LogP contribution in [0.1, 0.15) is 6.42 Å². The molecule has 0 bridgehead atoms. The van der Waals surface area contributed by atoms with E-state index >= 15 is 0 Å². The van der Waals surface area contributed by atoms with Gasteiger partial charge in [-0.25, -0.2) is 0 Å². The first-order valence-electron chi connectivity index (χ1n) is 4.63. The van der Waals surface area contributed by atoms with Crippen LogP contribution in [0.5, 0.6) is 0 Å². The predicted molar refractivity (Wildman–Crippen MR) is 77.7 cm³/mol. The van der Waals surface area contributed by atoms with Gasteiger partial charge in [0.15, 0.2) is 0 Å². The fourth-order valence-corrected chi connectivity index (χ4v) is 4.93. The van der Waals surface area contributed by atoms with Crippen LogP contribution in [0.4, 0.5) is 0 Å². The summed E-state index contributed by atoms with van der Waals surface area (Å²) in [5.74, 6) is 3.12. The summed E-state index contributed by atoms with van der Waals surface area (Å²) >= 11 is 7.12. The second-order valence-electron chi connectivity index (χ2n) is 2.75. The summed E-state index contributed by atoms with van der Waals surface area (Å²) in [5, 5.41) is 3.53. The lowest BCUT2D eigenvalue weighted by atomic mass is 10.5. The van der Waals surface area contributed by atoms with Gasteiger partial charge in [-0.15, -0.1) is 23.5 Å². The summed E-state index contributed by atoms with van der Waals surface area (Å²) in [6.45, 7) is 3.44. The van der Waals surface area contributed by atoms with E-state index in [2.05, 4.69) is 12.0 Å². The third-order valence-electron chi connectivity index (χ3n) is 1.66. The maximum Gasteiger partial charge on any atom is 0.211 e. The van der Waals surface area contributed by atoms with Gasteiger partial charge < -0.3 is 0 Å². The quantitative estimate of drug-likeness (QED) is 0.518. The van der Waals surface area contributed by atoms with Crippen LogP contribution in [0.15, 0.2) is 23.0 Å².